The molecule has 1 N–H and O–H groups in total. The van der Waals surface area contributed by atoms with Crippen LogP contribution >= 0.6 is 15.9 Å². The van der Waals surface area contributed by atoms with E-state index in [0.717, 1.165) is 0 Å². The van der Waals surface area contributed by atoms with Crippen molar-refractivity contribution in [1.82, 2.24) is 9.80 Å². The first-order chi connectivity index (χ1) is 10.4. The van der Waals surface area contributed by atoms with Crippen LogP contribution in [0.15, 0.2) is 21.2 Å². The highest BCUT2D eigenvalue weighted by Crippen LogP contribution is 2.16. The van der Waals surface area contributed by atoms with E-state index in [-0.39, 0.29) is 32.1 Å². The van der Waals surface area contributed by atoms with Crippen LogP contribution in [0.3, 0.4) is 0 Å². The van der Waals surface area contributed by atoms with Gasteiger partial charge in [0.2, 0.25) is 5.91 Å². The SMILES string of the molecule is CN(CC(=O)N1CCOCC1C(=O)O)C(=O)c1ccc(Br)o1. The number of ether oxygens (including phenoxy) is 1. The number of carboxylic acids is 1. The standard InChI is InChI=1S/C13H15BrN2O6/c1-15(12(18)9-2-3-10(14)22-9)6-11(17)16-4-5-21-7-8(16)13(19)20/h2-3,8H,4-7H2,1H3,(H,19,20). The minimum Gasteiger partial charge on any atom is -0.480 e. The van der Waals surface area contributed by atoms with Crippen LogP contribution < -0.4 is 0 Å². The fraction of sp³-hybridized carbons (Fsp3) is 0.462. The van der Waals surface area contributed by atoms with Gasteiger partial charge in [0, 0.05) is 13.6 Å². The Bertz CT molecular complexity index is 587. The molecule has 1 aromatic heterocycles. The topological polar surface area (TPSA) is 100 Å². The van der Waals surface area contributed by atoms with E-state index in [1.54, 1.807) is 6.07 Å². The van der Waals surface area contributed by atoms with Gasteiger partial charge >= 0.3 is 5.97 Å². The number of amides is 2. The van der Waals surface area contributed by atoms with Crippen molar-refractivity contribution in [2.45, 2.75) is 6.04 Å². The molecule has 0 bridgehead atoms. The number of hydrogen-bond acceptors (Lipinski definition) is 5. The van der Waals surface area contributed by atoms with Crippen LogP contribution in [0.1, 0.15) is 10.6 Å². The number of morpholine rings is 1. The molecule has 22 heavy (non-hydrogen) atoms. The molecule has 9 heteroatoms. The number of carbonyl (C=O) groups is 3. The summed E-state index contributed by atoms with van der Waals surface area (Å²) in [5.41, 5.74) is 0. The summed E-state index contributed by atoms with van der Waals surface area (Å²) < 4.78 is 10.6. The lowest BCUT2D eigenvalue weighted by molar-refractivity contribution is -0.158. The number of halogens is 1. The van der Waals surface area contributed by atoms with Crippen LogP contribution in [0.25, 0.3) is 0 Å². The quantitative estimate of drug-likeness (QED) is 0.819. The minimum absolute atomic E-state index is 0.0517. The fourth-order valence-electron chi connectivity index (χ4n) is 2.09. The van der Waals surface area contributed by atoms with Crippen LogP contribution in [-0.2, 0) is 14.3 Å². The molecule has 8 nitrogen and oxygen atoms in total. The second-order valence-corrected chi connectivity index (χ2v) is 5.56. The molecule has 1 atom stereocenters. The van der Waals surface area contributed by atoms with Crippen molar-refractivity contribution in [2.75, 3.05) is 33.4 Å². The summed E-state index contributed by atoms with van der Waals surface area (Å²) >= 11 is 3.10. The zero-order valence-corrected chi connectivity index (χ0v) is 13.4. The fourth-order valence-corrected chi connectivity index (χ4v) is 2.40. The molecule has 1 aliphatic rings. The van der Waals surface area contributed by atoms with Gasteiger partial charge in [-0.3, -0.25) is 9.59 Å². The zero-order chi connectivity index (χ0) is 16.3. The highest BCUT2D eigenvalue weighted by Gasteiger charge is 2.33. The van der Waals surface area contributed by atoms with E-state index in [0.29, 0.717) is 4.67 Å². The molecular weight excluding hydrogens is 360 g/mol. The van der Waals surface area contributed by atoms with Crippen LogP contribution in [-0.4, -0.2) is 72.1 Å². The second-order valence-electron chi connectivity index (χ2n) is 4.78. The molecule has 1 aliphatic heterocycles. The van der Waals surface area contributed by atoms with E-state index < -0.39 is 23.8 Å². The third-order valence-electron chi connectivity index (χ3n) is 3.24. The third-order valence-corrected chi connectivity index (χ3v) is 3.66. The lowest BCUT2D eigenvalue weighted by atomic mass is 10.2. The van der Waals surface area contributed by atoms with E-state index >= 15 is 0 Å². The van der Waals surface area contributed by atoms with Gasteiger partial charge in [-0.1, -0.05) is 0 Å². The first-order valence-corrected chi connectivity index (χ1v) is 7.30. The maximum absolute atomic E-state index is 12.2. The summed E-state index contributed by atoms with van der Waals surface area (Å²) in [7, 11) is 1.45. The average Bonchev–Trinajstić information content (AvgIpc) is 2.92. The van der Waals surface area contributed by atoms with E-state index in [1.165, 1.54) is 22.9 Å². The molecule has 1 saturated heterocycles. The lowest BCUT2D eigenvalue weighted by Gasteiger charge is -2.33. The zero-order valence-electron chi connectivity index (χ0n) is 11.8. The summed E-state index contributed by atoms with van der Waals surface area (Å²) in [4.78, 5) is 37.9. The number of carbonyl (C=O) groups excluding carboxylic acids is 2. The molecule has 120 valence electrons. The van der Waals surface area contributed by atoms with Crippen LogP contribution in [0, 0.1) is 0 Å². The van der Waals surface area contributed by atoms with Gasteiger partial charge in [-0.15, -0.1) is 0 Å². The summed E-state index contributed by atoms with van der Waals surface area (Å²) in [6.45, 7) is 0.174. The van der Waals surface area contributed by atoms with E-state index in [4.69, 9.17) is 14.3 Å². The van der Waals surface area contributed by atoms with Gasteiger partial charge < -0.3 is 24.1 Å². The van der Waals surface area contributed by atoms with Gasteiger partial charge in [-0.25, -0.2) is 4.79 Å². The minimum atomic E-state index is -1.13. The molecule has 0 spiro atoms. The van der Waals surface area contributed by atoms with Crippen molar-refractivity contribution in [3.63, 3.8) is 0 Å². The van der Waals surface area contributed by atoms with Crippen molar-refractivity contribution < 1.29 is 28.6 Å². The number of nitrogens with zero attached hydrogens (tertiary/aromatic N) is 2. The van der Waals surface area contributed by atoms with Crippen LogP contribution in [0.5, 0.6) is 0 Å². The van der Waals surface area contributed by atoms with Gasteiger partial charge in [0.05, 0.1) is 19.8 Å². The third kappa shape index (κ3) is 3.66. The summed E-state index contributed by atoms with van der Waals surface area (Å²) in [5.74, 6) is -1.94. The number of aliphatic carboxylic acids is 1. The molecule has 0 aromatic carbocycles. The van der Waals surface area contributed by atoms with Crippen LogP contribution in [0.4, 0.5) is 0 Å². The Morgan fingerprint density at radius 2 is 2.18 bits per heavy atom. The lowest BCUT2D eigenvalue weighted by Crippen LogP contribution is -2.55. The highest BCUT2D eigenvalue weighted by atomic mass is 79.9. The molecule has 0 radical (unpaired) electrons. The number of rotatable bonds is 4. The molecule has 0 aliphatic carbocycles. The largest absolute Gasteiger partial charge is 0.480 e. The summed E-state index contributed by atoms with van der Waals surface area (Å²) in [6, 6.07) is 2.04. The predicted octanol–water partition coefficient (Wildman–Crippen LogP) is 0.426. The summed E-state index contributed by atoms with van der Waals surface area (Å²) in [6.07, 6.45) is 0. The summed E-state index contributed by atoms with van der Waals surface area (Å²) in [5, 5.41) is 9.11. The van der Waals surface area contributed by atoms with Crippen LogP contribution in [0.2, 0.25) is 0 Å². The van der Waals surface area contributed by atoms with Gasteiger partial charge in [0.25, 0.3) is 5.91 Å². The normalized spacial score (nSPS) is 18.1. The van der Waals surface area contributed by atoms with Crippen molar-refractivity contribution in [2.24, 2.45) is 0 Å². The van der Waals surface area contributed by atoms with Gasteiger partial charge in [-0.05, 0) is 28.1 Å². The smallest absolute Gasteiger partial charge is 0.328 e. The molecule has 2 amide bonds. The maximum Gasteiger partial charge on any atom is 0.328 e. The highest BCUT2D eigenvalue weighted by molar-refractivity contribution is 9.10. The monoisotopic (exact) mass is 374 g/mol. The van der Waals surface area contributed by atoms with Crippen molar-refractivity contribution in [1.29, 1.82) is 0 Å². The van der Waals surface area contributed by atoms with Gasteiger partial charge in [-0.2, -0.15) is 0 Å². The van der Waals surface area contributed by atoms with E-state index in [2.05, 4.69) is 15.9 Å². The van der Waals surface area contributed by atoms with E-state index in [9.17, 15) is 14.4 Å². The van der Waals surface area contributed by atoms with Crippen molar-refractivity contribution >= 4 is 33.7 Å². The molecule has 1 aromatic rings. The predicted molar refractivity (Wildman–Crippen MR) is 77.3 cm³/mol. The Morgan fingerprint density at radius 3 is 2.77 bits per heavy atom. The number of furan rings is 1. The molecule has 2 heterocycles. The molecule has 1 fully saturated rings. The molecule has 2 rings (SSSR count). The van der Waals surface area contributed by atoms with E-state index in [1.807, 2.05) is 0 Å². The molecule has 0 saturated carbocycles. The van der Waals surface area contributed by atoms with Crippen molar-refractivity contribution in [3.05, 3.63) is 22.6 Å². The first-order valence-electron chi connectivity index (χ1n) is 6.51. The maximum atomic E-state index is 12.2. The Morgan fingerprint density at radius 1 is 1.45 bits per heavy atom. The number of likely N-dealkylation sites (N-methyl/N-ethyl adjacent to an activating group) is 1. The second kappa shape index (κ2) is 6.93. The van der Waals surface area contributed by atoms with Gasteiger partial charge in [0.15, 0.2) is 16.5 Å². The Balaban J connectivity index is 2.00. The molecule has 1 unspecified atom stereocenters. The Hall–Kier alpha value is -1.87. The number of carboxylic acid groups (broad SMARTS) is 1. The first kappa shape index (κ1) is 16.5. The Labute approximate surface area is 134 Å². The van der Waals surface area contributed by atoms with Crippen molar-refractivity contribution in [3.8, 4) is 0 Å². The molecular formula is C13H15BrN2O6. The number of hydrogen-bond donors (Lipinski definition) is 1. The van der Waals surface area contributed by atoms with Gasteiger partial charge in [0.1, 0.15) is 0 Å². The average molecular weight is 375 g/mol. The Kier molecular flexibility index (Phi) is 5.19.